The number of nitrogen functional groups attached to an aromatic ring is 1. The van der Waals surface area contributed by atoms with Crippen LogP contribution in [0.2, 0.25) is 0 Å². The van der Waals surface area contributed by atoms with Crippen molar-refractivity contribution < 1.29 is 0 Å². The molecule has 0 spiro atoms. The van der Waals surface area contributed by atoms with Crippen LogP contribution in [-0.2, 0) is 6.42 Å². The summed E-state index contributed by atoms with van der Waals surface area (Å²) < 4.78 is 0. The first-order chi connectivity index (χ1) is 9.31. The van der Waals surface area contributed by atoms with Crippen molar-refractivity contribution in [1.82, 2.24) is 4.90 Å². The lowest BCUT2D eigenvalue weighted by molar-refractivity contribution is 0.150. The van der Waals surface area contributed by atoms with Gasteiger partial charge in [-0.05, 0) is 29.7 Å². The molecule has 1 saturated heterocycles. The van der Waals surface area contributed by atoms with Crippen LogP contribution in [0.25, 0.3) is 0 Å². The second-order valence-electron chi connectivity index (χ2n) is 5.36. The largest absolute Gasteiger partial charge is 0.399 e. The Morgan fingerprint density at radius 1 is 0.947 bits per heavy atom. The lowest BCUT2D eigenvalue weighted by atomic mass is 9.91. The molecule has 0 aliphatic carbocycles. The van der Waals surface area contributed by atoms with Crippen LogP contribution in [0, 0.1) is 0 Å². The Morgan fingerprint density at radius 3 is 2.32 bits per heavy atom. The van der Waals surface area contributed by atoms with Gasteiger partial charge in [0.15, 0.2) is 0 Å². The molecular weight excluding hydrogens is 232 g/mol. The Morgan fingerprint density at radius 2 is 1.63 bits per heavy atom. The number of nitrogens with zero attached hydrogens (tertiary/aromatic N) is 1. The smallest absolute Gasteiger partial charge is 0.0314 e. The van der Waals surface area contributed by atoms with Crippen LogP contribution < -0.4 is 5.73 Å². The molecule has 0 radical (unpaired) electrons. The molecule has 1 heterocycles. The molecule has 2 heteroatoms. The van der Waals surface area contributed by atoms with Crippen LogP contribution in [0.5, 0.6) is 0 Å². The molecular formula is C17H20N2. The van der Waals surface area contributed by atoms with E-state index in [1.165, 1.54) is 24.2 Å². The monoisotopic (exact) mass is 252 g/mol. The second-order valence-corrected chi connectivity index (χ2v) is 5.36. The van der Waals surface area contributed by atoms with E-state index in [0.29, 0.717) is 0 Å². The van der Waals surface area contributed by atoms with Crippen molar-refractivity contribution in [2.24, 2.45) is 0 Å². The first-order valence-electron chi connectivity index (χ1n) is 6.93. The molecule has 2 aromatic rings. The maximum Gasteiger partial charge on any atom is 0.0314 e. The maximum atomic E-state index is 5.69. The molecule has 2 N–H and O–H groups in total. The molecule has 0 aromatic heterocycles. The van der Waals surface area contributed by atoms with E-state index in [9.17, 15) is 0 Å². The number of hydrogen-bond acceptors (Lipinski definition) is 2. The molecule has 0 amide bonds. The summed E-state index contributed by atoms with van der Waals surface area (Å²) in [6.07, 6.45) is 1.11. The fourth-order valence-electron chi connectivity index (χ4n) is 2.66. The van der Waals surface area contributed by atoms with E-state index in [-0.39, 0.29) is 0 Å². The van der Waals surface area contributed by atoms with Gasteiger partial charge < -0.3 is 10.6 Å². The molecule has 1 aliphatic heterocycles. The van der Waals surface area contributed by atoms with Crippen LogP contribution in [0.15, 0.2) is 54.6 Å². The van der Waals surface area contributed by atoms with E-state index in [1.54, 1.807) is 0 Å². The van der Waals surface area contributed by atoms with Gasteiger partial charge in [0.1, 0.15) is 0 Å². The highest BCUT2D eigenvalue weighted by Crippen LogP contribution is 2.26. The van der Waals surface area contributed by atoms with Crippen LogP contribution in [0.1, 0.15) is 17.0 Å². The van der Waals surface area contributed by atoms with E-state index >= 15 is 0 Å². The van der Waals surface area contributed by atoms with Crippen molar-refractivity contribution in [3.8, 4) is 0 Å². The first kappa shape index (κ1) is 12.2. The van der Waals surface area contributed by atoms with Gasteiger partial charge in [-0.2, -0.15) is 0 Å². The molecule has 0 atom stereocenters. The summed E-state index contributed by atoms with van der Waals surface area (Å²) in [5.74, 6) is 0.729. The van der Waals surface area contributed by atoms with E-state index in [4.69, 9.17) is 5.73 Å². The van der Waals surface area contributed by atoms with Gasteiger partial charge in [-0.1, -0.05) is 42.5 Å². The summed E-state index contributed by atoms with van der Waals surface area (Å²) in [6, 6.07) is 19.0. The predicted molar refractivity (Wildman–Crippen MR) is 80.2 cm³/mol. The van der Waals surface area contributed by atoms with Gasteiger partial charge in [-0.3, -0.25) is 0 Å². The standard InChI is InChI=1S/C17H20N2/c18-17-8-6-14(7-9-17)10-11-19-12-16(13-19)15-4-2-1-3-5-15/h1-9,16H,10-13,18H2. The minimum Gasteiger partial charge on any atom is -0.399 e. The van der Waals surface area contributed by atoms with Crippen LogP contribution in [0.3, 0.4) is 0 Å². The molecule has 2 nitrogen and oxygen atoms in total. The topological polar surface area (TPSA) is 29.3 Å². The molecule has 1 aliphatic rings. The van der Waals surface area contributed by atoms with Crippen molar-refractivity contribution in [2.45, 2.75) is 12.3 Å². The number of nitrogens with two attached hydrogens (primary N) is 1. The van der Waals surface area contributed by atoms with Crippen molar-refractivity contribution in [3.63, 3.8) is 0 Å². The van der Waals surface area contributed by atoms with Crippen LogP contribution in [-0.4, -0.2) is 24.5 Å². The SMILES string of the molecule is Nc1ccc(CCN2CC(c3ccccc3)C2)cc1. The lowest BCUT2D eigenvalue weighted by Gasteiger charge is -2.39. The van der Waals surface area contributed by atoms with Gasteiger partial charge in [-0.25, -0.2) is 0 Å². The average molecular weight is 252 g/mol. The maximum absolute atomic E-state index is 5.69. The molecule has 1 fully saturated rings. The Kier molecular flexibility index (Phi) is 3.51. The summed E-state index contributed by atoms with van der Waals surface area (Å²) in [5, 5.41) is 0. The zero-order valence-corrected chi connectivity index (χ0v) is 11.1. The van der Waals surface area contributed by atoms with E-state index in [0.717, 1.165) is 24.6 Å². The molecule has 3 rings (SSSR count). The Hall–Kier alpha value is -1.80. The fourth-order valence-corrected chi connectivity index (χ4v) is 2.66. The average Bonchev–Trinajstić information content (AvgIpc) is 2.40. The summed E-state index contributed by atoms with van der Waals surface area (Å²) >= 11 is 0. The quantitative estimate of drug-likeness (QED) is 0.848. The number of rotatable bonds is 4. The zero-order chi connectivity index (χ0) is 13.1. The Balaban J connectivity index is 1.46. The molecule has 2 aromatic carbocycles. The normalized spacial score (nSPS) is 16.2. The lowest BCUT2D eigenvalue weighted by Crippen LogP contribution is -2.45. The third-order valence-corrected chi connectivity index (χ3v) is 3.92. The van der Waals surface area contributed by atoms with Crippen molar-refractivity contribution in [1.29, 1.82) is 0 Å². The third-order valence-electron chi connectivity index (χ3n) is 3.92. The number of hydrogen-bond donors (Lipinski definition) is 1. The van der Waals surface area contributed by atoms with Crippen molar-refractivity contribution in [2.75, 3.05) is 25.4 Å². The van der Waals surface area contributed by atoms with E-state index < -0.39 is 0 Å². The van der Waals surface area contributed by atoms with Crippen LogP contribution >= 0.6 is 0 Å². The molecule has 0 unspecified atom stereocenters. The summed E-state index contributed by atoms with van der Waals surface area (Å²) in [6.45, 7) is 3.53. The van der Waals surface area contributed by atoms with Crippen molar-refractivity contribution >= 4 is 5.69 Å². The third kappa shape index (κ3) is 2.96. The van der Waals surface area contributed by atoms with Crippen molar-refractivity contribution in [3.05, 3.63) is 65.7 Å². The summed E-state index contributed by atoms with van der Waals surface area (Å²) in [7, 11) is 0. The van der Waals surface area contributed by atoms with Gasteiger partial charge in [0.2, 0.25) is 0 Å². The predicted octanol–water partition coefficient (Wildman–Crippen LogP) is 2.91. The molecule has 98 valence electrons. The van der Waals surface area contributed by atoms with Gasteiger partial charge in [0, 0.05) is 31.2 Å². The summed E-state index contributed by atoms with van der Waals surface area (Å²) in [5.41, 5.74) is 9.39. The summed E-state index contributed by atoms with van der Waals surface area (Å²) in [4.78, 5) is 2.52. The van der Waals surface area contributed by atoms with E-state index in [1.807, 2.05) is 12.1 Å². The molecule has 19 heavy (non-hydrogen) atoms. The van der Waals surface area contributed by atoms with Gasteiger partial charge in [-0.15, -0.1) is 0 Å². The number of anilines is 1. The minimum absolute atomic E-state index is 0.729. The highest BCUT2D eigenvalue weighted by molar-refractivity contribution is 5.39. The Bertz CT molecular complexity index is 513. The minimum atomic E-state index is 0.729. The molecule has 0 bridgehead atoms. The highest BCUT2D eigenvalue weighted by atomic mass is 15.2. The van der Waals surface area contributed by atoms with Gasteiger partial charge in [0.05, 0.1) is 0 Å². The molecule has 0 saturated carbocycles. The fraction of sp³-hybridized carbons (Fsp3) is 0.294. The number of likely N-dealkylation sites (tertiary alicyclic amines) is 1. The highest BCUT2D eigenvalue weighted by Gasteiger charge is 2.26. The zero-order valence-electron chi connectivity index (χ0n) is 11.1. The van der Waals surface area contributed by atoms with E-state index in [2.05, 4.69) is 47.4 Å². The second kappa shape index (κ2) is 5.45. The number of benzene rings is 2. The van der Waals surface area contributed by atoms with Crippen LogP contribution in [0.4, 0.5) is 5.69 Å². The van der Waals surface area contributed by atoms with Gasteiger partial charge in [0.25, 0.3) is 0 Å². The van der Waals surface area contributed by atoms with Gasteiger partial charge >= 0.3 is 0 Å². The first-order valence-corrected chi connectivity index (χ1v) is 6.93. The Labute approximate surface area is 114 Å².